The van der Waals surface area contributed by atoms with Gasteiger partial charge in [0.1, 0.15) is 232 Å². The van der Waals surface area contributed by atoms with Crippen LogP contribution in [0.3, 0.4) is 0 Å². The second-order valence-electron chi connectivity index (χ2n) is 33.2. The number of aliphatic hydroxyl groups is 27. The predicted molar refractivity (Wildman–Crippen MR) is 403 cm³/mol. The highest BCUT2D eigenvalue weighted by atomic mass is 16.8. The predicted octanol–water partition coefficient (Wildman–Crippen LogP) is -21.9. The highest BCUT2D eigenvalue weighted by Crippen LogP contribution is 2.42. The van der Waals surface area contributed by atoms with Gasteiger partial charge in [-0.25, -0.2) is 4.79 Å². The molecule has 33 N–H and O–H groups in total. The zero-order valence-corrected chi connectivity index (χ0v) is 70.7. The van der Waals surface area contributed by atoms with Gasteiger partial charge in [0.25, 0.3) is 5.79 Å². The minimum Gasteiger partial charge on any atom is -0.477 e. The zero-order valence-electron chi connectivity index (χ0n) is 70.7. The maximum atomic E-state index is 13.3. The topological polar surface area (TPSA) is 904 Å². The smallest absolute Gasteiger partial charge is 0.364 e. The number of carboxylic acids is 1. The van der Waals surface area contributed by atoms with Crippen LogP contribution in [-0.2, 0) is 119 Å². The van der Waals surface area contributed by atoms with Gasteiger partial charge in [-0.3, -0.25) is 24.0 Å². The first-order valence-corrected chi connectivity index (χ1v) is 41.6. The van der Waals surface area contributed by atoms with E-state index in [1.54, 1.807) is 0 Å². The van der Waals surface area contributed by atoms with Crippen molar-refractivity contribution in [3.05, 3.63) is 0 Å². The van der Waals surface area contributed by atoms with Gasteiger partial charge in [0.2, 0.25) is 29.5 Å². The summed E-state index contributed by atoms with van der Waals surface area (Å²) in [4.78, 5) is 76.7. The molecule has 5 amide bonds. The van der Waals surface area contributed by atoms with Gasteiger partial charge in [0, 0.05) is 41.0 Å². The summed E-state index contributed by atoms with van der Waals surface area (Å²) in [6.07, 6.45) is -97.2. The molecular formula is C73H121N5O53. The maximum Gasteiger partial charge on any atom is 0.364 e. The molecule has 0 aromatic carbocycles. The van der Waals surface area contributed by atoms with E-state index in [-0.39, 0.29) is 0 Å². The van der Waals surface area contributed by atoms with Gasteiger partial charge >= 0.3 is 5.97 Å². The molecule has 10 saturated heterocycles. The summed E-state index contributed by atoms with van der Waals surface area (Å²) >= 11 is 0. The number of nitrogens with one attached hydrogen (secondary N) is 5. The van der Waals surface area contributed by atoms with Crippen LogP contribution in [0.4, 0.5) is 0 Å². The van der Waals surface area contributed by atoms with E-state index in [9.17, 15) is 172 Å². The monoisotopic (exact) mass is 1920 g/mol. The third kappa shape index (κ3) is 24.3. The number of rotatable bonds is 35. The Kier molecular flexibility index (Phi) is 38.4. The maximum absolute atomic E-state index is 13.3. The average molecular weight is 1920 g/mol. The summed E-state index contributed by atoms with van der Waals surface area (Å²) in [6.45, 7) is -4.48. The number of aliphatic carboxylic acids is 1. The fourth-order valence-electron chi connectivity index (χ4n) is 16.8. The molecule has 0 bridgehead atoms. The molecule has 756 valence electrons. The van der Waals surface area contributed by atoms with E-state index in [4.69, 9.17) is 90.0 Å². The molecule has 10 rings (SSSR count). The summed E-state index contributed by atoms with van der Waals surface area (Å²) in [5, 5.41) is 325. The minimum absolute atomic E-state index is 0.846. The van der Waals surface area contributed by atoms with Crippen molar-refractivity contribution < 1.29 is 262 Å². The molecule has 10 aliphatic rings. The van der Waals surface area contributed by atoms with E-state index in [2.05, 4.69) is 26.6 Å². The third-order valence-corrected chi connectivity index (χ3v) is 23.8. The molecule has 131 heavy (non-hydrogen) atoms. The van der Waals surface area contributed by atoms with Crippen molar-refractivity contribution in [3.63, 3.8) is 0 Å². The Bertz CT molecular complexity index is 3670. The van der Waals surface area contributed by atoms with Gasteiger partial charge in [-0.15, -0.1) is 0 Å². The van der Waals surface area contributed by atoms with E-state index in [0.717, 1.165) is 34.6 Å². The van der Waals surface area contributed by atoms with Crippen molar-refractivity contribution >= 4 is 35.5 Å². The largest absolute Gasteiger partial charge is 0.477 e. The van der Waals surface area contributed by atoms with Gasteiger partial charge < -0.3 is 260 Å². The first-order valence-electron chi connectivity index (χ1n) is 41.6. The summed E-state index contributed by atoms with van der Waals surface area (Å²) in [5.41, 5.74) is 0. The molecule has 0 unspecified atom stereocenters. The van der Waals surface area contributed by atoms with Crippen molar-refractivity contribution in [2.45, 2.75) is 360 Å². The molecule has 10 fully saturated rings. The summed E-state index contributed by atoms with van der Waals surface area (Å²) < 4.78 is 113. The molecule has 0 saturated carbocycles. The molecule has 51 atom stereocenters. The van der Waals surface area contributed by atoms with Gasteiger partial charge in [-0.05, 0) is 6.92 Å². The Morgan fingerprint density at radius 1 is 0.328 bits per heavy atom. The quantitative estimate of drug-likeness (QED) is 0.0280. The van der Waals surface area contributed by atoms with Gasteiger partial charge in [-0.2, -0.15) is 0 Å². The third-order valence-electron chi connectivity index (χ3n) is 23.8. The SMILES string of the molecule is CC(=O)N[C@@H]1[C@@H](O)[C@H](O[C@@H]2O[C@H](CO)[C@@H](O[C@@H]3O[C@H](CO[C@H]4O[C@H](CO)[C@@H](O)[C@H](O)[C@@H]4O[C@@H]4O[C@H](CO)[C@@H](O[C@@H]5O[C@H](CO[C@]6(C(=O)O)C[C@H](O)[C@@H](NC(C)=O)[C@H]([C@H](O)[C@H](O)CO)O6)[C@H](O)[C@H](O)[C@H]5O)[C@H](O)[C@H]4NC(C)=O)[C@@H](O)[C@H](O[C@H]4O[C@H](CO)[C@@H](O)[C@H](O)[C@@H]4O[C@@H]4O[C@H](CO)[C@@H](O)[C@H](O)[C@H]4NC(C)=O)[C@@H]3O)[C@H](O)[C@H]2NC(C)=O)[C@@H](CO[C@H]2O[C@H](C)[C@H](O)[C@H](O)[C@H]2O)O[C@H]1O. The molecule has 10 heterocycles. The Hall–Kier alpha value is -5.02. The van der Waals surface area contributed by atoms with Crippen LogP contribution in [0.2, 0.25) is 0 Å². The van der Waals surface area contributed by atoms with E-state index in [1.807, 2.05) is 0 Å². The second-order valence-corrected chi connectivity index (χ2v) is 33.2. The Morgan fingerprint density at radius 3 is 1.16 bits per heavy atom. The first kappa shape index (κ1) is 108. The van der Waals surface area contributed by atoms with Crippen LogP contribution < -0.4 is 26.6 Å². The molecule has 0 aliphatic carbocycles. The van der Waals surface area contributed by atoms with E-state index in [1.165, 1.54) is 6.92 Å². The number of carboxylic acid groups (broad SMARTS) is 1. The number of carbonyl (C=O) groups is 6. The lowest BCUT2D eigenvalue weighted by molar-refractivity contribution is -0.397. The Balaban J connectivity index is 0.948. The van der Waals surface area contributed by atoms with Crippen molar-refractivity contribution in [3.8, 4) is 0 Å². The lowest BCUT2D eigenvalue weighted by atomic mass is 9.88. The van der Waals surface area contributed by atoms with Crippen LogP contribution in [0.5, 0.6) is 0 Å². The van der Waals surface area contributed by atoms with Crippen LogP contribution in [0.1, 0.15) is 48.0 Å². The lowest BCUT2D eigenvalue weighted by Crippen LogP contribution is -2.71. The molecule has 0 aromatic heterocycles. The fraction of sp³-hybridized carbons (Fsp3) is 0.918. The first-order chi connectivity index (χ1) is 61.7. The van der Waals surface area contributed by atoms with Crippen LogP contribution in [0.15, 0.2) is 0 Å². The van der Waals surface area contributed by atoms with Crippen LogP contribution in [-0.4, -0.2) is 550 Å². The lowest BCUT2D eigenvalue weighted by Gasteiger charge is -2.51. The Morgan fingerprint density at radius 2 is 0.679 bits per heavy atom. The molecule has 0 aromatic rings. The van der Waals surface area contributed by atoms with E-state index >= 15 is 0 Å². The van der Waals surface area contributed by atoms with Gasteiger partial charge in [-0.1, -0.05) is 0 Å². The van der Waals surface area contributed by atoms with Crippen molar-refractivity contribution in [1.29, 1.82) is 0 Å². The molecular weight excluding hydrogens is 1790 g/mol. The highest BCUT2D eigenvalue weighted by molar-refractivity contribution is 5.77. The standard InChI is InChI=1S/C73H121N5O53/c1-17-38(92)49(103)53(107)67(116-17)113-15-32-58(46(100)34(63(110)117-32)75-19(3)86)125-65-36(77-21(5)88)47(101)57(29(13-84)121-65)127-69-55(109)60(128-71-62(52(106)42(96)27(11-82)120-71)130-64-35(76-20(4)87)45(99)40(94)25(9-80)118-64)44(98)30(123-69)14-114-70-61(51(105)41(95)26(10-81)119-70)129-66-37(78-22(6)89)48(102)56(28(12-83)122-66)126-68-54(108)50(104)43(97)31(124-68)16-115-73(72(111)112)7-23(90)33(74-18(2)85)59(131-73)39(93)24(91)8-79/h17,23-71,79-84,90-110H,7-16H2,1-6H3,(H,74,85)(H,75,86)(H,76,87)(H,77,88)(H,78,89)(H,111,112)/t17-,23+,24-,25-,26-,27-,28-,29-,30-,31-,32-,33-,34-,35-,36-,37-,38+,39-,40-,41-,42-,43+,44-,45-,46-,47-,48-,49+,50+,51+,52+,53-,54-,55+,56-,57-,58-,59-,60+,61+,62+,63-,64+,65+,66+,67+,68+,69+,70+,71-,73-/m1/s1. The van der Waals surface area contributed by atoms with Crippen molar-refractivity contribution in [2.24, 2.45) is 0 Å². The number of ether oxygens (including phenoxy) is 19. The van der Waals surface area contributed by atoms with E-state index in [0.29, 0.717) is 0 Å². The Labute approximate surface area is 741 Å². The number of carbonyl (C=O) groups excluding carboxylic acids is 5. The van der Waals surface area contributed by atoms with Crippen LogP contribution in [0, 0.1) is 0 Å². The molecule has 10 aliphatic heterocycles. The highest BCUT2D eigenvalue weighted by Gasteiger charge is 2.63. The normalized spacial score (nSPS) is 47.5. The summed E-state index contributed by atoms with van der Waals surface area (Å²) in [5.74, 6) is -9.78. The molecule has 0 spiro atoms. The fourth-order valence-corrected chi connectivity index (χ4v) is 16.8. The summed E-state index contributed by atoms with van der Waals surface area (Å²) in [6, 6.07) is -9.38. The number of aliphatic hydroxyl groups excluding tert-OH is 27. The number of hydrogen-bond donors (Lipinski definition) is 33. The van der Waals surface area contributed by atoms with Crippen LogP contribution in [0.25, 0.3) is 0 Å². The second kappa shape index (κ2) is 46.6. The van der Waals surface area contributed by atoms with Crippen molar-refractivity contribution in [1.82, 2.24) is 26.6 Å². The van der Waals surface area contributed by atoms with Crippen molar-refractivity contribution in [2.75, 3.05) is 59.5 Å². The molecule has 0 radical (unpaired) electrons. The molecule has 58 nitrogen and oxygen atoms in total. The minimum atomic E-state index is -3.09. The number of amides is 5. The number of hydrogen-bond acceptors (Lipinski definition) is 52. The summed E-state index contributed by atoms with van der Waals surface area (Å²) in [7, 11) is 0. The molecule has 58 heteroatoms. The zero-order chi connectivity index (χ0) is 96.9. The average Bonchev–Trinajstić information content (AvgIpc) is 0.767. The van der Waals surface area contributed by atoms with Gasteiger partial charge in [0.05, 0.1) is 77.7 Å². The van der Waals surface area contributed by atoms with Gasteiger partial charge in [0.15, 0.2) is 56.6 Å². The van der Waals surface area contributed by atoms with Crippen LogP contribution >= 0.6 is 0 Å². The van der Waals surface area contributed by atoms with E-state index < -0.39 is 414 Å².